The summed E-state index contributed by atoms with van der Waals surface area (Å²) in [5.74, 6) is -0.309. The van der Waals surface area contributed by atoms with Gasteiger partial charge < -0.3 is 4.90 Å². The van der Waals surface area contributed by atoms with Gasteiger partial charge in [-0.15, -0.1) is 0 Å². The maximum atomic E-state index is 13.3. The summed E-state index contributed by atoms with van der Waals surface area (Å²) >= 11 is 6.04. The second kappa shape index (κ2) is 8.61. The van der Waals surface area contributed by atoms with E-state index in [0.717, 1.165) is 43.0 Å². The van der Waals surface area contributed by atoms with Crippen molar-refractivity contribution in [2.24, 2.45) is 5.10 Å². The number of amides is 1. The molecule has 2 aromatic rings. The summed E-state index contributed by atoms with van der Waals surface area (Å²) in [5, 5.41) is 6.91. The highest BCUT2D eigenvalue weighted by atomic mass is 35.5. The first-order valence-corrected chi connectivity index (χ1v) is 10.2. The summed E-state index contributed by atoms with van der Waals surface area (Å²) in [6.07, 6.45) is 0.585. The van der Waals surface area contributed by atoms with Crippen molar-refractivity contribution in [2.45, 2.75) is 12.5 Å². The molecule has 0 N–H and O–H groups in total. The number of halogens is 2. The molecule has 0 radical (unpaired) electrons. The standard InChI is InChI=1S/C22H24ClFN4O/c1-26-10-12-27(13-11-26)15-22(29)28-21(17-2-6-18(23)7-3-17)14-20(25-28)16-4-8-19(24)9-5-16/h2-9,21H,10-15H2,1H3. The molecule has 2 heterocycles. The molecule has 1 unspecified atom stereocenters. The average molecular weight is 415 g/mol. The maximum Gasteiger partial charge on any atom is 0.257 e. The van der Waals surface area contributed by atoms with Crippen molar-refractivity contribution >= 4 is 23.2 Å². The van der Waals surface area contributed by atoms with Crippen LogP contribution < -0.4 is 0 Å². The van der Waals surface area contributed by atoms with Crippen LogP contribution in [0.2, 0.25) is 5.02 Å². The van der Waals surface area contributed by atoms with E-state index in [9.17, 15) is 9.18 Å². The number of hydrogen-bond acceptors (Lipinski definition) is 4. The normalized spacial score (nSPS) is 20.7. The molecule has 1 fully saturated rings. The van der Waals surface area contributed by atoms with Crippen molar-refractivity contribution in [1.82, 2.24) is 14.8 Å². The quantitative estimate of drug-likeness (QED) is 0.769. The third kappa shape index (κ3) is 4.66. The number of hydrazone groups is 1. The molecule has 152 valence electrons. The first-order valence-electron chi connectivity index (χ1n) is 9.81. The van der Waals surface area contributed by atoms with Crippen molar-refractivity contribution < 1.29 is 9.18 Å². The van der Waals surface area contributed by atoms with Gasteiger partial charge in [-0.3, -0.25) is 9.69 Å². The highest BCUT2D eigenvalue weighted by Crippen LogP contribution is 2.33. The van der Waals surface area contributed by atoms with E-state index < -0.39 is 0 Å². The Balaban J connectivity index is 1.57. The highest BCUT2D eigenvalue weighted by molar-refractivity contribution is 6.30. The van der Waals surface area contributed by atoms with Crippen molar-refractivity contribution in [3.63, 3.8) is 0 Å². The zero-order valence-corrected chi connectivity index (χ0v) is 17.1. The predicted molar refractivity (Wildman–Crippen MR) is 113 cm³/mol. The summed E-state index contributed by atoms with van der Waals surface area (Å²) in [4.78, 5) is 17.6. The Labute approximate surface area is 175 Å². The van der Waals surface area contributed by atoms with Gasteiger partial charge in [0.15, 0.2) is 0 Å². The molecule has 0 bridgehead atoms. The van der Waals surface area contributed by atoms with Crippen LogP contribution in [0, 0.1) is 5.82 Å². The Morgan fingerprint density at radius 3 is 2.38 bits per heavy atom. The molecule has 7 heteroatoms. The monoisotopic (exact) mass is 414 g/mol. The zero-order valence-electron chi connectivity index (χ0n) is 16.4. The van der Waals surface area contributed by atoms with E-state index in [2.05, 4.69) is 21.9 Å². The van der Waals surface area contributed by atoms with E-state index in [0.29, 0.717) is 18.0 Å². The second-order valence-corrected chi connectivity index (χ2v) is 8.08. The lowest BCUT2D eigenvalue weighted by Crippen LogP contribution is -2.48. The minimum atomic E-state index is -0.287. The zero-order chi connectivity index (χ0) is 20.4. The van der Waals surface area contributed by atoms with Gasteiger partial charge in [-0.25, -0.2) is 9.40 Å². The maximum absolute atomic E-state index is 13.3. The number of likely N-dealkylation sites (N-methyl/N-ethyl adjacent to an activating group) is 1. The number of carbonyl (C=O) groups excluding carboxylic acids is 1. The Morgan fingerprint density at radius 2 is 1.72 bits per heavy atom. The smallest absolute Gasteiger partial charge is 0.257 e. The van der Waals surface area contributed by atoms with E-state index in [1.54, 1.807) is 17.1 Å². The number of carbonyl (C=O) groups is 1. The summed E-state index contributed by atoms with van der Waals surface area (Å²) in [7, 11) is 2.09. The Hall–Kier alpha value is -2.28. The van der Waals surface area contributed by atoms with E-state index >= 15 is 0 Å². The van der Waals surface area contributed by atoms with Gasteiger partial charge in [0, 0.05) is 37.6 Å². The predicted octanol–water partition coefficient (Wildman–Crippen LogP) is 3.40. The van der Waals surface area contributed by atoms with E-state index in [-0.39, 0.29) is 17.8 Å². The molecule has 1 saturated heterocycles. The first kappa shape index (κ1) is 20.0. The Bertz CT molecular complexity index is 892. The van der Waals surface area contributed by atoms with Gasteiger partial charge in [0.1, 0.15) is 5.82 Å². The van der Waals surface area contributed by atoms with Gasteiger partial charge >= 0.3 is 0 Å². The molecule has 0 saturated carbocycles. The van der Waals surface area contributed by atoms with Gasteiger partial charge in [-0.2, -0.15) is 5.10 Å². The van der Waals surface area contributed by atoms with Gasteiger partial charge in [-0.1, -0.05) is 35.9 Å². The molecular formula is C22H24ClFN4O. The second-order valence-electron chi connectivity index (χ2n) is 7.64. The molecule has 0 aromatic heterocycles. The molecule has 2 aromatic carbocycles. The lowest BCUT2D eigenvalue weighted by molar-refractivity contribution is -0.134. The molecule has 2 aliphatic rings. The third-order valence-corrected chi connectivity index (χ3v) is 5.80. The van der Waals surface area contributed by atoms with E-state index in [1.165, 1.54) is 12.1 Å². The number of hydrogen-bond donors (Lipinski definition) is 0. The summed E-state index contributed by atoms with van der Waals surface area (Å²) < 4.78 is 13.3. The molecule has 4 rings (SSSR count). The summed E-state index contributed by atoms with van der Waals surface area (Å²) in [6.45, 7) is 4.00. The van der Waals surface area contributed by atoms with Crippen molar-refractivity contribution in [3.05, 3.63) is 70.5 Å². The van der Waals surface area contributed by atoms with Crippen LogP contribution in [0.25, 0.3) is 0 Å². The Morgan fingerprint density at radius 1 is 1.07 bits per heavy atom. The van der Waals surface area contributed by atoms with Crippen LogP contribution in [-0.4, -0.2) is 66.2 Å². The topological polar surface area (TPSA) is 39.1 Å². The van der Waals surface area contributed by atoms with Crippen LogP contribution in [-0.2, 0) is 4.79 Å². The van der Waals surface area contributed by atoms with Crippen molar-refractivity contribution in [2.75, 3.05) is 39.8 Å². The average Bonchev–Trinajstić information content (AvgIpc) is 3.16. The molecule has 1 amide bonds. The molecular weight excluding hydrogens is 391 g/mol. The Kier molecular flexibility index (Phi) is 5.94. The fourth-order valence-electron chi connectivity index (χ4n) is 3.77. The molecule has 2 aliphatic heterocycles. The minimum Gasteiger partial charge on any atom is -0.304 e. The van der Waals surface area contributed by atoms with E-state index in [4.69, 9.17) is 11.6 Å². The van der Waals surface area contributed by atoms with Crippen LogP contribution in [0.15, 0.2) is 53.6 Å². The van der Waals surface area contributed by atoms with Crippen LogP contribution in [0.3, 0.4) is 0 Å². The van der Waals surface area contributed by atoms with Gasteiger partial charge in [-0.05, 0) is 42.4 Å². The fourth-order valence-corrected chi connectivity index (χ4v) is 3.90. The summed E-state index contributed by atoms with van der Waals surface area (Å²) in [5.41, 5.74) is 2.61. The molecule has 0 aliphatic carbocycles. The number of nitrogens with zero attached hydrogens (tertiary/aromatic N) is 4. The van der Waals surface area contributed by atoms with Gasteiger partial charge in [0.25, 0.3) is 5.91 Å². The fraction of sp³-hybridized carbons (Fsp3) is 0.364. The lowest BCUT2D eigenvalue weighted by Gasteiger charge is -2.33. The highest BCUT2D eigenvalue weighted by Gasteiger charge is 2.34. The number of rotatable bonds is 4. The van der Waals surface area contributed by atoms with Crippen LogP contribution in [0.5, 0.6) is 0 Å². The third-order valence-electron chi connectivity index (χ3n) is 5.55. The van der Waals surface area contributed by atoms with Crippen LogP contribution in [0.4, 0.5) is 4.39 Å². The largest absolute Gasteiger partial charge is 0.304 e. The summed E-state index contributed by atoms with van der Waals surface area (Å²) in [6, 6.07) is 13.6. The first-order chi connectivity index (χ1) is 14.0. The molecule has 0 spiro atoms. The van der Waals surface area contributed by atoms with Gasteiger partial charge in [0.2, 0.25) is 0 Å². The van der Waals surface area contributed by atoms with Crippen LogP contribution >= 0.6 is 11.6 Å². The van der Waals surface area contributed by atoms with Gasteiger partial charge in [0.05, 0.1) is 18.3 Å². The number of benzene rings is 2. The molecule has 1 atom stereocenters. The van der Waals surface area contributed by atoms with Crippen molar-refractivity contribution in [3.8, 4) is 0 Å². The SMILES string of the molecule is CN1CCN(CC(=O)N2N=C(c3ccc(F)cc3)CC2c2ccc(Cl)cc2)CC1. The van der Waals surface area contributed by atoms with Crippen molar-refractivity contribution in [1.29, 1.82) is 0 Å². The lowest BCUT2D eigenvalue weighted by atomic mass is 9.98. The van der Waals surface area contributed by atoms with E-state index in [1.807, 2.05) is 24.3 Å². The molecule has 29 heavy (non-hydrogen) atoms. The number of piperazine rings is 1. The molecule has 5 nitrogen and oxygen atoms in total. The minimum absolute atomic E-state index is 0.0217. The van der Waals surface area contributed by atoms with Crippen LogP contribution in [0.1, 0.15) is 23.6 Å².